The van der Waals surface area contributed by atoms with Gasteiger partial charge >= 0.3 is 0 Å². The quantitative estimate of drug-likeness (QED) is 0.630. The predicted octanol–water partition coefficient (Wildman–Crippen LogP) is 3.28. The second-order valence-electron chi connectivity index (χ2n) is 5.69. The third-order valence-electron chi connectivity index (χ3n) is 4.04. The standard InChI is InChI=1S/C15H32N2/c1-4-11-16-14(3)8-7-12-17(5-2)13-15-9-6-10-15/h14-16H,4-13H2,1-3H3. The summed E-state index contributed by atoms with van der Waals surface area (Å²) in [5.74, 6) is 1.02. The summed E-state index contributed by atoms with van der Waals surface area (Å²) in [4.78, 5) is 2.65. The van der Waals surface area contributed by atoms with E-state index in [0.717, 1.165) is 5.92 Å². The van der Waals surface area contributed by atoms with Crippen LogP contribution in [0.4, 0.5) is 0 Å². The average Bonchev–Trinajstić information content (AvgIpc) is 2.28. The van der Waals surface area contributed by atoms with Gasteiger partial charge < -0.3 is 10.2 Å². The molecule has 0 saturated heterocycles. The van der Waals surface area contributed by atoms with Crippen LogP contribution in [0.2, 0.25) is 0 Å². The third-order valence-corrected chi connectivity index (χ3v) is 4.04. The molecule has 0 heterocycles. The highest BCUT2D eigenvalue weighted by Crippen LogP contribution is 2.27. The Hall–Kier alpha value is -0.0800. The normalized spacial score (nSPS) is 18.4. The van der Waals surface area contributed by atoms with Gasteiger partial charge in [-0.05, 0) is 64.6 Å². The van der Waals surface area contributed by atoms with E-state index in [0.29, 0.717) is 6.04 Å². The maximum atomic E-state index is 3.57. The Labute approximate surface area is 108 Å². The molecule has 0 spiro atoms. The Morgan fingerprint density at radius 3 is 2.59 bits per heavy atom. The molecule has 0 bridgehead atoms. The first-order valence-corrected chi connectivity index (χ1v) is 7.72. The molecule has 0 amide bonds. The van der Waals surface area contributed by atoms with Gasteiger partial charge in [-0.25, -0.2) is 0 Å². The topological polar surface area (TPSA) is 15.3 Å². The SMILES string of the molecule is CCCNC(C)CCCN(CC)CC1CCC1. The van der Waals surface area contributed by atoms with Crippen molar-refractivity contribution in [1.29, 1.82) is 0 Å². The van der Waals surface area contributed by atoms with Gasteiger partial charge in [-0.1, -0.05) is 20.3 Å². The molecular weight excluding hydrogens is 208 g/mol. The summed E-state index contributed by atoms with van der Waals surface area (Å²) in [7, 11) is 0. The highest BCUT2D eigenvalue weighted by molar-refractivity contribution is 4.73. The van der Waals surface area contributed by atoms with E-state index in [4.69, 9.17) is 0 Å². The Balaban J connectivity index is 2.01. The molecule has 0 aliphatic heterocycles. The molecule has 1 atom stereocenters. The van der Waals surface area contributed by atoms with Crippen molar-refractivity contribution in [2.45, 2.75) is 65.3 Å². The minimum absolute atomic E-state index is 0.692. The summed E-state index contributed by atoms with van der Waals surface area (Å²) in [5, 5.41) is 3.57. The molecule has 1 N–H and O–H groups in total. The second kappa shape index (κ2) is 8.93. The van der Waals surface area contributed by atoms with Crippen LogP contribution >= 0.6 is 0 Å². The summed E-state index contributed by atoms with van der Waals surface area (Å²) in [6.07, 6.45) is 8.34. The first-order valence-electron chi connectivity index (χ1n) is 7.72. The number of nitrogens with one attached hydrogen (secondary N) is 1. The minimum atomic E-state index is 0.692. The summed E-state index contributed by atoms with van der Waals surface area (Å²) < 4.78 is 0. The monoisotopic (exact) mass is 240 g/mol. The molecule has 2 heteroatoms. The van der Waals surface area contributed by atoms with Crippen LogP contribution in [-0.2, 0) is 0 Å². The van der Waals surface area contributed by atoms with Crippen LogP contribution in [0.15, 0.2) is 0 Å². The smallest absolute Gasteiger partial charge is 0.00391 e. The molecule has 0 aromatic heterocycles. The van der Waals surface area contributed by atoms with Crippen LogP contribution in [-0.4, -0.2) is 37.1 Å². The van der Waals surface area contributed by atoms with E-state index < -0.39 is 0 Å². The Morgan fingerprint density at radius 2 is 2.06 bits per heavy atom. The second-order valence-corrected chi connectivity index (χ2v) is 5.69. The van der Waals surface area contributed by atoms with Gasteiger partial charge in [0.15, 0.2) is 0 Å². The zero-order valence-electron chi connectivity index (χ0n) is 12.2. The molecule has 2 nitrogen and oxygen atoms in total. The van der Waals surface area contributed by atoms with Crippen LogP contribution in [0.5, 0.6) is 0 Å². The molecule has 1 unspecified atom stereocenters. The zero-order chi connectivity index (χ0) is 12.5. The van der Waals surface area contributed by atoms with Gasteiger partial charge in [-0.15, -0.1) is 0 Å². The summed E-state index contributed by atoms with van der Waals surface area (Å²) in [6.45, 7) is 11.9. The van der Waals surface area contributed by atoms with Gasteiger partial charge in [0.25, 0.3) is 0 Å². The number of hydrogen-bond donors (Lipinski definition) is 1. The van der Waals surface area contributed by atoms with Crippen molar-refractivity contribution >= 4 is 0 Å². The van der Waals surface area contributed by atoms with Crippen LogP contribution in [0.1, 0.15) is 59.3 Å². The van der Waals surface area contributed by atoms with E-state index in [9.17, 15) is 0 Å². The van der Waals surface area contributed by atoms with Gasteiger partial charge in [0, 0.05) is 12.6 Å². The zero-order valence-corrected chi connectivity index (χ0v) is 12.2. The molecular formula is C15H32N2. The largest absolute Gasteiger partial charge is 0.314 e. The van der Waals surface area contributed by atoms with E-state index in [-0.39, 0.29) is 0 Å². The van der Waals surface area contributed by atoms with E-state index in [1.807, 2.05) is 0 Å². The lowest BCUT2D eigenvalue weighted by Crippen LogP contribution is -2.34. The summed E-state index contributed by atoms with van der Waals surface area (Å²) in [6, 6.07) is 0.692. The van der Waals surface area contributed by atoms with Crippen molar-refractivity contribution in [2.24, 2.45) is 5.92 Å². The number of hydrogen-bond acceptors (Lipinski definition) is 2. The maximum absolute atomic E-state index is 3.57. The van der Waals surface area contributed by atoms with Crippen LogP contribution in [0, 0.1) is 5.92 Å². The fourth-order valence-electron chi connectivity index (χ4n) is 2.53. The van der Waals surface area contributed by atoms with Crippen molar-refractivity contribution < 1.29 is 0 Å². The molecule has 0 aromatic rings. The lowest BCUT2D eigenvalue weighted by atomic mass is 9.85. The van der Waals surface area contributed by atoms with Crippen molar-refractivity contribution in [3.8, 4) is 0 Å². The van der Waals surface area contributed by atoms with E-state index in [1.165, 1.54) is 64.7 Å². The lowest BCUT2D eigenvalue weighted by molar-refractivity contribution is 0.180. The summed E-state index contributed by atoms with van der Waals surface area (Å²) in [5.41, 5.74) is 0. The first-order chi connectivity index (χ1) is 8.26. The molecule has 1 aliphatic carbocycles. The molecule has 0 radical (unpaired) electrons. The Bertz CT molecular complexity index is 178. The molecule has 1 aliphatic rings. The van der Waals surface area contributed by atoms with Crippen molar-refractivity contribution in [1.82, 2.24) is 10.2 Å². The van der Waals surface area contributed by atoms with E-state index in [2.05, 4.69) is 31.0 Å². The average molecular weight is 240 g/mol. The van der Waals surface area contributed by atoms with Gasteiger partial charge in [0.05, 0.1) is 0 Å². The molecule has 102 valence electrons. The van der Waals surface area contributed by atoms with Gasteiger partial charge in [-0.2, -0.15) is 0 Å². The van der Waals surface area contributed by atoms with E-state index >= 15 is 0 Å². The van der Waals surface area contributed by atoms with Crippen LogP contribution in [0.25, 0.3) is 0 Å². The first kappa shape index (κ1) is 15.0. The molecule has 1 saturated carbocycles. The highest BCUT2D eigenvalue weighted by Gasteiger charge is 2.19. The predicted molar refractivity (Wildman–Crippen MR) is 76.4 cm³/mol. The van der Waals surface area contributed by atoms with Crippen LogP contribution < -0.4 is 5.32 Å². The summed E-state index contributed by atoms with van der Waals surface area (Å²) >= 11 is 0. The van der Waals surface area contributed by atoms with Crippen molar-refractivity contribution in [3.05, 3.63) is 0 Å². The molecule has 1 rings (SSSR count). The van der Waals surface area contributed by atoms with Crippen molar-refractivity contribution in [2.75, 3.05) is 26.2 Å². The lowest BCUT2D eigenvalue weighted by Gasteiger charge is -2.32. The minimum Gasteiger partial charge on any atom is -0.314 e. The van der Waals surface area contributed by atoms with Crippen molar-refractivity contribution in [3.63, 3.8) is 0 Å². The van der Waals surface area contributed by atoms with Gasteiger partial charge in [-0.3, -0.25) is 0 Å². The molecule has 0 aromatic carbocycles. The van der Waals surface area contributed by atoms with Gasteiger partial charge in [0.1, 0.15) is 0 Å². The fourth-order valence-corrected chi connectivity index (χ4v) is 2.53. The van der Waals surface area contributed by atoms with E-state index in [1.54, 1.807) is 0 Å². The van der Waals surface area contributed by atoms with Crippen LogP contribution in [0.3, 0.4) is 0 Å². The number of rotatable bonds is 10. The number of nitrogens with zero attached hydrogens (tertiary/aromatic N) is 1. The third kappa shape index (κ3) is 6.42. The Kier molecular flexibility index (Phi) is 7.87. The maximum Gasteiger partial charge on any atom is 0.00391 e. The highest BCUT2D eigenvalue weighted by atomic mass is 15.1. The Morgan fingerprint density at radius 1 is 1.29 bits per heavy atom. The molecule has 1 fully saturated rings. The molecule has 17 heavy (non-hydrogen) atoms. The van der Waals surface area contributed by atoms with Gasteiger partial charge in [0.2, 0.25) is 0 Å². The fraction of sp³-hybridized carbons (Fsp3) is 1.00.